The molecular weight excluding hydrogens is 239 g/mol. The SMILES string of the molecule is Cc1c(F)cc(Cl)c2c1c1c(n2C)CCNC1. The van der Waals surface area contributed by atoms with E-state index in [0.29, 0.717) is 10.6 Å². The maximum atomic E-state index is 13.8. The third kappa shape index (κ3) is 1.42. The first-order valence-corrected chi connectivity index (χ1v) is 6.14. The van der Waals surface area contributed by atoms with Gasteiger partial charge in [0.15, 0.2) is 0 Å². The number of nitrogens with one attached hydrogen (secondary N) is 1. The number of nitrogens with zero attached hydrogens (tertiary/aromatic N) is 1. The topological polar surface area (TPSA) is 17.0 Å². The van der Waals surface area contributed by atoms with Gasteiger partial charge in [0.2, 0.25) is 0 Å². The van der Waals surface area contributed by atoms with Crippen LogP contribution < -0.4 is 5.32 Å². The third-order valence-electron chi connectivity index (χ3n) is 3.68. The van der Waals surface area contributed by atoms with Gasteiger partial charge in [-0.25, -0.2) is 4.39 Å². The molecule has 2 heterocycles. The number of aromatic nitrogens is 1. The lowest BCUT2D eigenvalue weighted by molar-refractivity contribution is 0.618. The zero-order valence-corrected chi connectivity index (χ0v) is 10.7. The molecule has 1 aromatic carbocycles. The quantitative estimate of drug-likeness (QED) is 0.763. The van der Waals surface area contributed by atoms with Gasteiger partial charge >= 0.3 is 0 Å². The van der Waals surface area contributed by atoms with Crippen LogP contribution >= 0.6 is 11.6 Å². The molecule has 0 radical (unpaired) electrons. The lowest BCUT2D eigenvalue weighted by Gasteiger charge is -2.14. The second-order valence-electron chi connectivity index (χ2n) is 4.60. The van der Waals surface area contributed by atoms with Crippen LogP contribution in [-0.4, -0.2) is 11.1 Å². The summed E-state index contributed by atoms with van der Waals surface area (Å²) in [5, 5.41) is 4.82. The highest BCUT2D eigenvalue weighted by molar-refractivity contribution is 6.35. The van der Waals surface area contributed by atoms with Gasteiger partial charge in [0.1, 0.15) is 5.82 Å². The smallest absolute Gasteiger partial charge is 0.128 e. The fraction of sp³-hybridized carbons (Fsp3) is 0.385. The van der Waals surface area contributed by atoms with E-state index in [1.54, 1.807) is 0 Å². The Bertz CT molecular complexity index is 616. The number of benzene rings is 1. The highest BCUT2D eigenvalue weighted by Crippen LogP contribution is 2.35. The van der Waals surface area contributed by atoms with E-state index in [9.17, 15) is 4.39 Å². The molecule has 17 heavy (non-hydrogen) atoms. The van der Waals surface area contributed by atoms with Crippen LogP contribution in [0.1, 0.15) is 16.8 Å². The first kappa shape index (κ1) is 11.1. The number of hydrogen-bond donors (Lipinski definition) is 1. The van der Waals surface area contributed by atoms with E-state index in [2.05, 4.69) is 9.88 Å². The van der Waals surface area contributed by atoms with Gasteiger partial charge in [0, 0.05) is 37.6 Å². The summed E-state index contributed by atoms with van der Waals surface area (Å²) < 4.78 is 15.9. The molecule has 1 aliphatic heterocycles. The summed E-state index contributed by atoms with van der Waals surface area (Å²) in [5.41, 5.74) is 4.13. The van der Waals surface area contributed by atoms with Crippen molar-refractivity contribution in [2.24, 2.45) is 7.05 Å². The van der Waals surface area contributed by atoms with E-state index in [1.165, 1.54) is 17.3 Å². The van der Waals surface area contributed by atoms with Crippen molar-refractivity contribution < 1.29 is 4.39 Å². The molecule has 0 unspecified atom stereocenters. The van der Waals surface area contributed by atoms with Gasteiger partial charge in [-0.1, -0.05) is 11.6 Å². The molecule has 2 aromatic rings. The molecule has 0 saturated carbocycles. The van der Waals surface area contributed by atoms with Gasteiger partial charge < -0.3 is 9.88 Å². The lowest BCUT2D eigenvalue weighted by atomic mass is 10.0. The van der Waals surface area contributed by atoms with E-state index >= 15 is 0 Å². The minimum atomic E-state index is -0.221. The molecule has 90 valence electrons. The Labute approximate surface area is 104 Å². The average Bonchev–Trinajstić information content (AvgIpc) is 2.61. The molecule has 1 N–H and O–H groups in total. The van der Waals surface area contributed by atoms with Crippen molar-refractivity contribution in [3.8, 4) is 0 Å². The molecule has 0 saturated heterocycles. The van der Waals surface area contributed by atoms with E-state index in [4.69, 9.17) is 11.6 Å². The summed E-state index contributed by atoms with van der Waals surface area (Å²) >= 11 is 6.18. The first-order chi connectivity index (χ1) is 8.11. The van der Waals surface area contributed by atoms with E-state index in [1.807, 2.05) is 14.0 Å². The summed E-state index contributed by atoms with van der Waals surface area (Å²) in [5.74, 6) is -0.221. The number of hydrogen-bond acceptors (Lipinski definition) is 1. The molecule has 1 aliphatic rings. The van der Waals surface area contributed by atoms with Crippen molar-refractivity contribution in [3.63, 3.8) is 0 Å². The molecule has 1 aromatic heterocycles. The van der Waals surface area contributed by atoms with Crippen molar-refractivity contribution in [1.82, 2.24) is 9.88 Å². The molecular formula is C13H14ClFN2. The maximum absolute atomic E-state index is 13.8. The Hall–Kier alpha value is -1.06. The standard InChI is InChI=1S/C13H14ClFN2/c1-7-10(15)5-9(14)13-12(7)8-6-16-4-3-11(8)17(13)2/h5,16H,3-4,6H2,1-2H3. The fourth-order valence-electron chi connectivity index (χ4n) is 2.81. The van der Waals surface area contributed by atoms with Crippen LogP contribution in [-0.2, 0) is 20.0 Å². The molecule has 0 bridgehead atoms. The predicted octanol–water partition coefficient (Wildman–Crippen LogP) is 2.92. The average molecular weight is 253 g/mol. The minimum Gasteiger partial charge on any atom is -0.346 e. The molecule has 0 amide bonds. The van der Waals surface area contributed by atoms with Crippen LogP contribution in [0.2, 0.25) is 5.02 Å². The summed E-state index contributed by atoms with van der Waals surface area (Å²) in [6.07, 6.45) is 0.970. The number of aryl methyl sites for hydroxylation is 2. The highest BCUT2D eigenvalue weighted by atomic mass is 35.5. The predicted molar refractivity (Wildman–Crippen MR) is 68.0 cm³/mol. The van der Waals surface area contributed by atoms with Gasteiger partial charge in [-0.2, -0.15) is 0 Å². The van der Waals surface area contributed by atoms with Gasteiger partial charge in [-0.15, -0.1) is 0 Å². The number of fused-ring (bicyclic) bond motifs is 3. The summed E-state index contributed by atoms with van der Waals surface area (Å²) in [6.45, 7) is 3.59. The van der Waals surface area contributed by atoms with E-state index in [0.717, 1.165) is 30.4 Å². The largest absolute Gasteiger partial charge is 0.346 e. The zero-order chi connectivity index (χ0) is 12.2. The molecule has 0 fully saturated rings. The van der Waals surface area contributed by atoms with Gasteiger partial charge in [-0.05, 0) is 24.1 Å². The van der Waals surface area contributed by atoms with Crippen molar-refractivity contribution in [2.75, 3.05) is 6.54 Å². The Morgan fingerprint density at radius 3 is 3.00 bits per heavy atom. The Morgan fingerprint density at radius 2 is 2.24 bits per heavy atom. The second-order valence-corrected chi connectivity index (χ2v) is 5.01. The summed E-state index contributed by atoms with van der Waals surface area (Å²) in [6, 6.07) is 1.41. The molecule has 0 atom stereocenters. The van der Waals surface area contributed by atoms with Crippen molar-refractivity contribution in [1.29, 1.82) is 0 Å². The Kier molecular flexibility index (Phi) is 2.42. The molecule has 3 rings (SSSR count). The van der Waals surface area contributed by atoms with Crippen LogP contribution in [0.3, 0.4) is 0 Å². The summed E-state index contributed by atoms with van der Waals surface area (Å²) in [4.78, 5) is 0. The molecule has 0 aliphatic carbocycles. The van der Waals surface area contributed by atoms with E-state index in [-0.39, 0.29) is 5.82 Å². The van der Waals surface area contributed by atoms with Crippen LogP contribution in [0.25, 0.3) is 10.9 Å². The highest BCUT2D eigenvalue weighted by Gasteiger charge is 2.22. The van der Waals surface area contributed by atoms with Gasteiger partial charge in [0.05, 0.1) is 10.5 Å². The minimum absolute atomic E-state index is 0.221. The Balaban J connectivity index is 2.50. The van der Waals surface area contributed by atoms with Crippen LogP contribution in [0.5, 0.6) is 0 Å². The van der Waals surface area contributed by atoms with Crippen LogP contribution in [0.15, 0.2) is 6.07 Å². The fourth-order valence-corrected chi connectivity index (χ4v) is 3.13. The first-order valence-electron chi connectivity index (χ1n) is 5.76. The molecule has 0 spiro atoms. The number of rotatable bonds is 0. The van der Waals surface area contributed by atoms with Crippen LogP contribution in [0, 0.1) is 12.7 Å². The van der Waals surface area contributed by atoms with Crippen molar-refractivity contribution in [2.45, 2.75) is 19.9 Å². The molecule has 2 nitrogen and oxygen atoms in total. The second kappa shape index (κ2) is 3.72. The van der Waals surface area contributed by atoms with E-state index < -0.39 is 0 Å². The van der Waals surface area contributed by atoms with Gasteiger partial charge in [-0.3, -0.25) is 0 Å². The lowest BCUT2D eigenvalue weighted by Crippen LogP contribution is -2.24. The van der Waals surface area contributed by atoms with Crippen LogP contribution in [0.4, 0.5) is 4.39 Å². The normalized spacial score (nSPS) is 15.3. The van der Waals surface area contributed by atoms with Crippen molar-refractivity contribution in [3.05, 3.63) is 33.7 Å². The number of halogens is 2. The summed E-state index contributed by atoms with van der Waals surface area (Å²) in [7, 11) is 2.01. The maximum Gasteiger partial charge on any atom is 0.128 e. The van der Waals surface area contributed by atoms with Gasteiger partial charge in [0.25, 0.3) is 0 Å². The third-order valence-corrected chi connectivity index (χ3v) is 3.97. The monoisotopic (exact) mass is 252 g/mol. The Morgan fingerprint density at radius 1 is 1.47 bits per heavy atom. The van der Waals surface area contributed by atoms with Crippen molar-refractivity contribution >= 4 is 22.5 Å². The molecule has 4 heteroatoms. The zero-order valence-electron chi connectivity index (χ0n) is 9.90.